The van der Waals surface area contributed by atoms with Crippen molar-refractivity contribution < 1.29 is 14.6 Å². The number of hydrogen-bond donors (Lipinski definition) is 2. The van der Waals surface area contributed by atoms with Gasteiger partial charge in [0.15, 0.2) is 0 Å². The highest BCUT2D eigenvalue weighted by Gasteiger charge is 2.32. The molecule has 1 saturated heterocycles. The first-order valence-corrected chi connectivity index (χ1v) is 11.5. The predicted octanol–water partition coefficient (Wildman–Crippen LogP) is 4.36. The summed E-state index contributed by atoms with van der Waals surface area (Å²) < 4.78 is 17.6. The number of imidazole rings is 1. The molecule has 35 heavy (non-hydrogen) atoms. The lowest BCUT2D eigenvalue weighted by molar-refractivity contribution is 0.0839. The number of hydrogen-bond acceptors (Lipinski definition) is 5. The quantitative estimate of drug-likeness (QED) is 0.440. The van der Waals surface area contributed by atoms with E-state index >= 15 is 0 Å². The molecule has 180 valence electrons. The lowest BCUT2D eigenvalue weighted by Gasteiger charge is -2.20. The van der Waals surface area contributed by atoms with Gasteiger partial charge in [-0.1, -0.05) is 17.7 Å². The van der Waals surface area contributed by atoms with E-state index < -0.39 is 11.4 Å². The number of nitrogens with zero attached hydrogens (tertiary/aromatic N) is 4. The van der Waals surface area contributed by atoms with E-state index in [1.165, 1.54) is 21.3 Å². The van der Waals surface area contributed by atoms with Crippen LogP contribution in [0.15, 0.2) is 65.8 Å². The molecule has 0 unspecified atom stereocenters. The Kier molecular flexibility index (Phi) is 5.65. The molecule has 0 radical (unpaired) electrons. The molecule has 4 aromatic rings. The molecule has 0 saturated carbocycles. The van der Waals surface area contributed by atoms with Crippen molar-refractivity contribution in [3.63, 3.8) is 0 Å². The summed E-state index contributed by atoms with van der Waals surface area (Å²) >= 11 is 6.48. The van der Waals surface area contributed by atoms with Gasteiger partial charge in [0.05, 0.1) is 16.3 Å². The summed E-state index contributed by atoms with van der Waals surface area (Å²) in [5.41, 5.74) is 1.14. The van der Waals surface area contributed by atoms with E-state index in [0.29, 0.717) is 47.7 Å². The van der Waals surface area contributed by atoms with Crippen LogP contribution < -0.4 is 10.6 Å². The van der Waals surface area contributed by atoms with Crippen molar-refractivity contribution in [3.05, 3.63) is 82.4 Å². The summed E-state index contributed by atoms with van der Waals surface area (Å²) in [4.78, 5) is 18.6. The molecule has 0 amide bonds. The zero-order valence-electron chi connectivity index (χ0n) is 19.2. The molecular formula is C26H24ClFN4O3. The van der Waals surface area contributed by atoms with Crippen LogP contribution in [0.4, 0.5) is 10.2 Å². The zero-order valence-corrected chi connectivity index (χ0v) is 20.0. The van der Waals surface area contributed by atoms with Crippen LogP contribution in [-0.2, 0) is 7.05 Å². The van der Waals surface area contributed by atoms with Crippen LogP contribution in [0.3, 0.4) is 0 Å². The van der Waals surface area contributed by atoms with Gasteiger partial charge in [0, 0.05) is 49.9 Å². The summed E-state index contributed by atoms with van der Waals surface area (Å²) in [5, 5.41) is 21.7. The Morgan fingerprint density at radius 1 is 1.09 bits per heavy atom. The van der Waals surface area contributed by atoms with E-state index in [0.717, 1.165) is 0 Å². The normalized spacial score (nSPS) is 17.8. The molecule has 2 N–H and O–H groups in total. The largest absolute Gasteiger partial charge is 0.507 e. The second kappa shape index (κ2) is 8.55. The third-order valence-corrected chi connectivity index (χ3v) is 6.68. The van der Waals surface area contributed by atoms with Crippen LogP contribution in [0.5, 0.6) is 5.75 Å². The summed E-state index contributed by atoms with van der Waals surface area (Å²) in [7, 11) is 1.64. The van der Waals surface area contributed by atoms with E-state index in [9.17, 15) is 19.4 Å². The van der Waals surface area contributed by atoms with Gasteiger partial charge in [-0.25, -0.2) is 14.2 Å². The Labute approximate surface area is 206 Å². The Balaban J connectivity index is 1.54. The second-order valence-corrected chi connectivity index (χ2v) is 9.56. The number of aryl methyl sites for hydroxylation is 1. The molecule has 9 heteroatoms. The van der Waals surface area contributed by atoms with Gasteiger partial charge in [0.25, 0.3) is 0 Å². The number of rotatable bonds is 4. The smallest absolute Gasteiger partial charge is 0.332 e. The van der Waals surface area contributed by atoms with E-state index in [1.807, 2.05) is 4.90 Å². The number of β-amino-alcohol motifs (C(OH)–C–C–N with tert-alkyl or cyclic N) is 1. The van der Waals surface area contributed by atoms with Crippen molar-refractivity contribution in [1.29, 1.82) is 0 Å². The third-order valence-electron chi connectivity index (χ3n) is 6.37. The third kappa shape index (κ3) is 4.31. The topological polar surface area (TPSA) is 83.5 Å². The van der Waals surface area contributed by atoms with E-state index in [4.69, 9.17) is 11.6 Å². The zero-order chi connectivity index (χ0) is 24.9. The van der Waals surface area contributed by atoms with Crippen molar-refractivity contribution in [2.75, 3.05) is 18.0 Å². The van der Waals surface area contributed by atoms with Crippen molar-refractivity contribution in [1.82, 2.24) is 14.1 Å². The maximum atomic E-state index is 14.7. The minimum atomic E-state index is -0.790. The van der Waals surface area contributed by atoms with E-state index in [-0.39, 0.29) is 22.0 Å². The molecule has 5 rings (SSSR count). The number of aromatic nitrogens is 3. The van der Waals surface area contributed by atoms with E-state index in [2.05, 4.69) is 4.98 Å². The van der Waals surface area contributed by atoms with Crippen LogP contribution in [0.25, 0.3) is 27.9 Å². The number of aliphatic hydroxyl groups is 1. The first-order valence-electron chi connectivity index (χ1n) is 11.1. The summed E-state index contributed by atoms with van der Waals surface area (Å²) in [6.07, 6.45) is 5.47. The molecule has 2 aromatic carbocycles. The second-order valence-electron chi connectivity index (χ2n) is 9.15. The summed E-state index contributed by atoms with van der Waals surface area (Å²) in [6.45, 7) is 2.88. The molecule has 2 aromatic heterocycles. The lowest BCUT2D eigenvalue weighted by atomic mass is 9.97. The fourth-order valence-electron chi connectivity index (χ4n) is 4.46. The minimum absolute atomic E-state index is 0.0994. The molecule has 1 aliphatic rings. The Morgan fingerprint density at radius 3 is 2.40 bits per heavy atom. The molecule has 1 aliphatic heterocycles. The molecule has 0 spiro atoms. The van der Waals surface area contributed by atoms with Gasteiger partial charge in [-0.15, -0.1) is 0 Å². The fraction of sp³-hybridized carbons (Fsp3) is 0.231. The van der Waals surface area contributed by atoms with Crippen molar-refractivity contribution >= 4 is 17.4 Å². The van der Waals surface area contributed by atoms with Crippen molar-refractivity contribution in [2.45, 2.75) is 18.9 Å². The molecular weight excluding hydrogens is 471 g/mol. The number of aromatic hydroxyl groups is 1. The lowest BCUT2D eigenvalue weighted by Crippen LogP contribution is -2.29. The molecule has 3 heterocycles. The number of anilines is 1. The number of benzene rings is 2. The molecule has 7 nitrogen and oxygen atoms in total. The van der Waals surface area contributed by atoms with Gasteiger partial charge in [-0.3, -0.25) is 4.57 Å². The van der Waals surface area contributed by atoms with Gasteiger partial charge in [-0.2, -0.15) is 0 Å². The Morgan fingerprint density at radius 2 is 1.80 bits per heavy atom. The predicted molar refractivity (Wildman–Crippen MR) is 134 cm³/mol. The molecule has 0 bridgehead atoms. The standard InChI is InChI=1S/C26H24ClFN4O3/c1-26(35)6-8-31(15-26)23-12-17(5-7-29-23)20-14-18(28)13-19(24(20)33)16-3-4-22(21(27)11-16)32-10-9-30(2)25(32)34/h3-5,7,9-14,33,35H,6,8,15H2,1-2H3/t26-/m1/s1. The van der Waals surface area contributed by atoms with Crippen LogP contribution in [0.1, 0.15) is 13.3 Å². The molecule has 1 atom stereocenters. The van der Waals surface area contributed by atoms with Crippen LogP contribution in [0.2, 0.25) is 5.02 Å². The highest BCUT2D eigenvalue weighted by molar-refractivity contribution is 6.32. The van der Waals surface area contributed by atoms with Crippen LogP contribution in [-0.4, -0.2) is 43.0 Å². The molecule has 1 fully saturated rings. The first kappa shape index (κ1) is 23.1. The number of halogens is 2. The SMILES string of the molecule is Cn1ccn(-c2ccc(-c3cc(F)cc(-c4ccnc(N5CC[C@@](C)(O)C5)c4)c3O)cc2Cl)c1=O. The Bertz CT molecular complexity index is 1490. The first-order chi connectivity index (χ1) is 16.6. The average Bonchev–Trinajstić information content (AvgIpc) is 3.36. The molecule has 0 aliphatic carbocycles. The monoisotopic (exact) mass is 494 g/mol. The summed E-state index contributed by atoms with van der Waals surface area (Å²) in [6, 6.07) is 10.9. The maximum absolute atomic E-state index is 14.7. The van der Waals surface area contributed by atoms with Gasteiger partial charge in [0.1, 0.15) is 17.4 Å². The fourth-order valence-corrected chi connectivity index (χ4v) is 4.73. The summed E-state index contributed by atoms with van der Waals surface area (Å²) in [5.74, 6) is 0.0265. The average molecular weight is 495 g/mol. The number of pyridine rings is 1. The highest BCUT2D eigenvalue weighted by Crippen LogP contribution is 2.41. The van der Waals surface area contributed by atoms with Gasteiger partial charge < -0.3 is 19.7 Å². The van der Waals surface area contributed by atoms with Gasteiger partial charge in [0.2, 0.25) is 0 Å². The Hall–Kier alpha value is -3.62. The van der Waals surface area contributed by atoms with Crippen molar-refractivity contribution in [3.8, 4) is 33.7 Å². The number of phenols is 1. The van der Waals surface area contributed by atoms with Gasteiger partial charge >= 0.3 is 5.69 Å². The van der Waals surface area contributed by atoms with E-state index in [1.54, 1.807) is 62.9 Å². The highest BCUT2D eigenvalue weighted by atomic mass is 35.5. The maximum Gasteiger partial charge on any atom is 0.332 e. The van der Waals surface area contributed by atoms with Gasteiger partial charge in [-0.05, 0) is 60.9 Å². The van der Waals surface area contributed by atoms with Crippen LogP contribution in [0, 0.1) is 5.82 Å². The van der Waals surface area contributed by atoms with Crippen LogP contribution >= 0.6 is 11.6 Å². The number of phenolic OH excluding ortho intramolecular Hbond substituents is 1. The van der Waals surface area contributed by atoms with Crippen molar-refractivity contribution in [2.24, 2.45) is 7.05 Å². The minimum Gasteiger partial charge on any atom is -0.507 e.